The fourth-order valence-electron chi connectivity index (χ4n) is 2.80. The highest BCUT2D eigenvalue weighted by Crippen LogP contribution is 2.30. The molecule has 0 spiro atoms. The van der Waals surface area contributed by atoms with Crippen molar-refractivity contribution in [3.63, 3.8) is 0 Å². The fourth-order valence-corrected chi connectivity index (χ4v) is 5.08. The van der Waals surface area contributed by atoms with Crippen LogP contribution in [-0.4, -0.2) is 20.5 Å². The lowest BCUT2D eigenvalue weighted by Gasteiger charge is -2.11. The topological polar surface area (TPSA) is 71.3 Å². The molecule has 1 aromatic rings. The highest BCUT2D eigenvalue weighted by molar-refractivity contribution is 9.10. The Morgan fingerprint density at radius 3 is 2.62 bits per heavy atom. The summed E-state index contributed by atoms with van der Waals surface area (Å²) >= 11 is 3.22. The van der Waals surface area contributed by atoms with Crippen LogP contribution < -0.4 is 10.0 Å². The average Bonchev–Trinajstić information content (AvgIpc) is 3.03. The Hall–Kier alpha value is -0.370. The molecule has 0 amide bonds. The van der Waals surface area contributed by atoms with Crippen molar-refractivity contribution in [2.75, 3.05) is 0 Å². The molecule has 21 heavy (non-hydrogen) atoms. The highest BCUT2D eigenvalue weighted by atomic mass is 79.9. The fraction of sp³-hybridized carbons (Fsp3) is 0.714. The lowest BCUT2D eigenvalue weighted by Crippen LogP contribution is -2.32. The molecule has 1 aromatic heterocycles. The van der Waals surface area contributed by atoms with Gasteiger partial charge in [-0.25, -0.2) is 13.1 Å². The Morgan fingerprint density at radius 2 is 2.00 bits per heavy atom. The Labute approximate surface area is 134 Å². The van der Waals surface area contributed by atoms with Crippen LogP contribution in [0.15, 0.2) is 20.0 Å². The molecular weight excluding hydrogens is 356 g/mol. The van der Waals surface area contributed by atoms with Gasteiger partial charge in [0.25, 0.3) is 0 Å². The first-order valence-electron chi connectivity index (χ1n) is 7.48. The maximum absolute atomic E-state index is 12.5. The standard InChI is InChI=1S/C14H21BrN2O3S/c1-9-2-3-11(6-9)17-21(18,19)13-7-12(20-14(13)15)8-16-10-4-5-10/h7,9-11,16-17H,2-6,8H2,1H3. The monoisotopic (exact) mass is 376 g/mol. The molecule has 0 bridgehead atoms. The van der Waals surface area contributed by atoms with Gasteiger partial charge in [0.2, 0.25) is 10.0 Å². The van der Waals surface area contributed by atoms with E-state index in [0.29, 0.717) is 24.3 Å². The number of rotatable bonds is 6. The van der Waals surface area contributed by atoms with Gasteiger partial charge in [0, 0.05) is 18.2 Å². The highest BCUT2D eigenvalue weighted by Gasteiger charge is 2.29. The van der Waals surface area contributed by atoms with E-state index in [1.165, 1.54) is 12.8 Å². The molecule has 2 aliphatic rings. The zero-order valence-corrected chi connectivity index (χ0v) is 14.5. The molecule has 0 aliphatic heterocycles. The van der Waals surface area contributed by atoms with Crippen LogP contribution in [0.25, 0.3) is 0 Å². The lowest BCUT2D eigenvalue weighted by molar-refractivity contribution is 0.459. The molecule has 1 heterocycles. The molecule has 2 N–H and O–H groups in total. The van der Waals surface area contributed by atoms with Gasteiger partial charge in [-0.2, -0.15) is 0 Å². The van der Waals surface area contributed by atoms with E-state index >= 15 is 0 Å². The van der Waals surface area contributed by atoms with Crippen molar-refractivity contribution in [2.24, 2.45) is 5.92 Å². The van der Waals surface area contributed by atoms with Crippen LogP contribution in [0, 0.1) is 5.92 Å². The van der Waals surface area contributed by atoms with Crippen LogP contribution in [0.4, 0.5) is 0 Å². The molecule has 2 saturated carbocycles. The molecule has 2 atom stereocenters. The van der Waals surface area contributed by atoms with Gasteiger partial charge in [-0.15, -0.1) is 0 Å². The molecule has 0 saturated heterocycles. The van der Waals surface area contributed by atoms with Crippen LogP contribution in [0.1, 0.15) is 44.8 Å². The van der Waals surface area contributed by atoms with Crippen molar-refractivity contribution in [2.45, 2.75) is 62.6 Å². The molecule has 118 valence electrons. The van der Waals surface area contributed by atoms with Crippen LogP contribution in [0.3, 0.4) is 0 Å². The van der Waals surface area contributed by atoms with Crippen molar-refractivity contribution in [1.29, 1.82) is 0 Å². The van der Waals surface area contributed by atoms with Crippen molar-refractivity contribution in [1.82, 2.24) is 10.0 Å². The molecule has 0 aromatic carbocycles. The van der Waals surface area contributed by atoms with E-state index in [-0.39, 0.29) is 15.6 Å². The maximum atomic E-state index is 12.5. The Morgan fingerprint density at radius 1 is 1.29 bits per heavy atom. The summed E-state index contributed by atoms with van der Waals surface area (Å²) in [6, 6.07) is 2.21. The van der Waals surface area contributed by atoms with Crippen molar-refractivity contribution in [3.05, 3.63) is 16.5 Å². The number of hydrogen-bond acceptors (Lipinski definition) is 4. The summed E-state index contributed by atoms with van der Waals surface area (Å²) in [5.41, 5.74) is 0. The predicted molar refractivity (Wildman–Crippen MR) is 83.4 cm³/mol. The van der Waals surface area contributed by atoms with Gasteiger partial charge in [-0.1, -0.05) is 6.92 Å². The maximum Gasteiger partial charge on any atom is 0.245 e. The minimum atomic E-state index is -3.52. The quantitative estimate of drug-likeness (QED) is 0.800. The third kappa shape index (κ3) is 3.88. The van der Waals surface area contributed by atoms with Crippen LogP contribution in [0.5, 0.6) is 0 Å². The van der Waals surface area contributed by atoms with Gasteiger partial charge >= 0.3 is 0 Å². The third-order valence-corrected chi connectivity index (χ3v) is 6.53. The third-order valence-electron chi connectivity index (χ3n) is 4.15. The first kappa shape index (κ1) is 15.5. The van der Waals surface area contributed by atoms with E-state index in [4.69, 9.17) is 4.42 Å². The number of hydrogen-bond donors (Lipinski definition) is 2. The second-order valence-corrected chi connectivity index (χ2v) is 8.64. The number of sulfonamides is 1. The first-order valence-corrected chi connectivity index (χ1v) is 9.75. The van der Waals surface area contributed by atoms with E-state index in [1.807, 2.05) is 0 Å². The summed E-state index contributed by atoms with van der Waals surface area (Å²) in [5.74, 6) is 1.23. The van der Waals surface area contributed by atoms with Crippen molar-refractivity contribution >= 4 is 26.0 Å². The van der Waals surface area contributed by atoms with Crippen molar-refractivity contribution in [3.8, 4) is 0 Å². The van der Waals surface area contributed by atoms with E-state index in [2.05, 4.69) is 32.9 Å². The zero-order chi connectivity index (χ0) is 15.0. The molecular formula is C14H21BrN2O3S. The summed E-state index contributed by atoms with van der Waals surface area (Å²) in [6.45, 7) is 2.73. The summed E-state index contributed by atoms with van der Waals surface area (Å²) in [5, 5.41) is 3.31. The summed E-state index contributed by atoms with van der Waals surface area (Å²) in [7, 11) is -3.52. The largest absolute Gasteiger partial charge is 0.452 e. The molecule has 0 radical (unpaired) electrons. The first-order chi connectivity index (χ1) is 9.94. The minimum absolute atomic E-state index is 0.0415. The predicted octanol–water partition coefficient (Wildman–Crippen LogP) is 2.76. The molecule has 2 unspecified atom stereocenters. The van der Waals surface area contributed by atoms with Gasteiger partial charge in [0.1, 0.15) is 10.7 Å². The molecule has 2 fully saturated rings. The smallest absolute Gasteiger partial charge is 0.245 e. The van der Waals surface area contributed by atoms with Crippen LogP contribution in [0.2, 0.25) is 0 Å². The summed E-state index contributed by atoms with van der Waals surface area (Å²) in [6.07, 6.45) is 5.27. The molecule has 5 nitrogen and oxygen atoms in total. The van der Waals surface area contributed by atoms with E-state index in [0.717, 1.165) is 19.3 Å². The van der Waals surface area contributed by atoms with Gasteiger partial charge in [-0.3, -0.25) is 0 Å². The van der Waals surface area contributed by atoms with E-state index in [1.54, 1.807) is 6.07 Å². The number of furan rings is 1. The lowest BCUT2D eigenvalue weighted by atomic mass is 10.1. The number of halogens is 1. The van der Waals surface area contributed by atoms with Crippen molar-refractivity contribution < 1.29 is 12.8 Å². The van der Waals surface area contributed by atoms with Gasteiger partial charge in [0.15, 0.2) is 4.67 Å². The van der Waals surface area contributed by atoms with Crippen LogP contribution in [-0.2, 0) is 16.6 Å². The Kier molecular flexibility index (Phi) is 4.45. The molecule has 3 rings (SSSR count). The molecule has 7 heteroatoms. The normalized spacial score (nSPS) is 26.4. The Balaban J connectivity index is 1.68. The zero-order valence-electron chi connectivity index (χ0n) is 12.1. The second kappa shape index (κ2) is 6.02. The summed E-state index contributed by atoms with van der Waals surface area (Å²) in [4.78, 5) is 0.203. The van der Waals surface area contributed by atoms with Crippen LogP contribution >= 0.6 is 15.9 Å². The minimum Gasteiger partial charge on any atom is -0.452 e. The van der Waals surface area contributed by atoms with E-state index < -0.39 is 10.0 Å². The second-order valence-electron chi connectivity index (χ2n) is 6.24. The van der Waals surface area contributed by atoms with E-state index in [9.17, 15) is 8.42 Å². The Bertz CT molecular complexity index is 610. The SMILES string of the molecule is CC1CCC(NS(=O)(=O)c2cc(CNC3CC3)oc2Br)C1. The molecule has 2 aliphatic carbocycles. The number of nitrogens with one attached hydrogen (secondary N) is 2. The van der Waals surface area contributed by atoms with Gasteiger partial charge in [-0.05, 0) is 54.0 Å². The summed E-state index contributed by atoms with van der Waals surface area (Å²) < 4.78 is 33.5. The van der Waals surface area contributed by atoms with Gasteiger partial charge in [0.05, 0.1) is 6.54 Å². The van der Waals surface area contributed by atoms with Gasteiger partial charge < -0.3 is 9.73 Å². The average molecular weight is 377 g/mol.